The number of allylic oxidation sites excluding steroid dienone is 1. The third kappa shape index (κ3) is 4.34. The Morgan fingerprint density at radius 1 is 1.06 bits per heavy atom. The standard InChI is InChI=1S/C23H22F2N4OS/c1-13(2)12-29-14(3)19(20(26-23(29)31)15-4-8-17(24)9-5-15)22-27-21(28-30-22)16-6-10-18(25)11-7-16/h4-11,13,20H,12H2,1-3H3,(H,26,31). The van der Waals surface area contributed by atoms with Gasteiger partial charge in [-0.3, -0.25) is 0 Å². The van der Waals surface area contributed by atoms with Crippen LogP contribution < -0.4 is 5.32 Å². The molecule has 31 heavy (non-hydrogen) atoms. The quantitative estimate of drug-likeness (QED) is 0.541. The number of aromatic nitrogens is 2. The first-order chi connectivity index (χ1) is 14.8. The van der Waals surface area contributed by atoms with Crippen molar-refractivity contribution in [3.8, 4) is 11.4 Å². The molecule has 2 aromatic carbocycles. The van der Waals surface area contributed by atoms with Crippen LogP contribution in [-0.2, 0) is 0 Å². The first kappa shape index (κ1) is 21.1. The van der Waals surface area contributed by atoms with E-state index in [0.717, 1.165) is 23.4 Å². The molecule has 5 nitrogen and oxygen atoms in total. The van der Waals surface area contributed by atoms with Crippen LogP contribution in [0.25, 0.3) is 17.0 Å². The first-order valence-corrected chi connectivity index (χ1v) is 10.4. The molecule has 4 rings (SSSR count). The highest BCUT2D eigenvalue weighted by Gasteiger charge is 2.34. The van der Waals surface area contributed by atoms with Crippen molar-refractivity contribution in [2.24, 2.45) is 5.92 Å². The number of nitrogens with zero attached hydrogens (tertiary/aromatic N) is 3. The van der Waals surface area contributed by atoms with Crippen LogP contribution in [0.2, 0.25) is 0 Å². The van der Waals surface area contributed by atoms with E-state index in [9.17, 15) is 8.78 Å². The molecular weight excluding hydrogens is 418 g/mol. The lowest BCUT2D eigenvalue weighted by atomic mass is 9.94. The van der Waals surface area contributed by atoms with E-state index in [1.807, 2.05) is 11.8 Å². The van der Waals surface area contributed by atoms with Crippen molar-refractivity contribution in [2.45, 2.75) is 26.8 Å². The van der Waals surface area contributed by atoms with Gasteiger partial charge >= 0.3 is 0 Å². The Morgan fingerprint density at radius 3 is 2.29 bits per heavy atom. The topological polar surface area (TPSA) is 54.2 Å². The maximum Gasteiger partial charge on any atom is 0.258 e. The summed E-state index contributed by atoms with van der Waals surface area (Å²) >= 11 is 5.63. The molecule has 1 aliphatic heterocycles. The number of hydrogen-bond donors (Lipinski definition) is 1. The highest BCUT2D eigenvalue weighted by Crippen LogP contribution is 2.37. The van der Waals surface area contributed by atoms with E-state index < -0.39 is 0 Å². The van der Waals surface area contributed by atoms with E-state index in [1.54, 1.807) is 24.3 Å². The molecule has 0 spiro atoms. The van der Waals surface area contributed by atoms with Gasteiger partial charge in [-0.2, -0.15) is 4.98 Å². The van der Waals surface area contributed by atoms with Gasteiger partial charge in [0.1, 0.15) is 11.6 Å². The van der Waals surface area contributed by atoms with Gasteiger partial charge in [0.15, 0.2) is 5.11 Å². The van der Waals surface area contributed by atoms with Crippen LogP contribution in [0.5, 0.6) is 0 Å². The molecule has 160 valence electrons. The van der Waals surface area contributed by atoms with Gasteiger partial charge in [-0.1, -0.05) is 31.1 Å². The Morgan fingerprint density at radius 2 is 1.68 bits per heavy atom. The number of thiocarbonyl (C=S) groups is 1. The van der Waals surface area contributed by atoms with E-state index >= 15 is 0 Å². The minimum Gasteiger partial charge on any atom is -0.351 e. The summed E-state index contributed by atoms with van der Waals surface area (Å²) in [6.45, 7) is 6.90. The van der Waals surface area contributed by atoms with E-state index in [2.05, 4.69) is 29.3 Å². The lowest BCUT2D eigenvalue weighted by Gasteiger charge is -2.38. The number of hydrogen-bond acceptors (Lipinski definition) is 4. The second-order valence-corrected chi connectivity index (χ2v) is 8.25. The minimum absolute atomic E-state index is 0.317. The molecule has 8 heteroatoms. The Labute approximate surface area is 184 Å². The maximum atomic E-state index is 13.5. The molecule has 1 aliphatic rings. The fourth-order valence-electron chi connectivity index (χ4n) is 3.60. The number of rotatable bonds is 5. The number of halogens is 2. The lowest BCUT2D eigenvalue weighted by molar-refractivity contribution is 0.386. The Kier molecular flexibility index (Phi) is 5.82. The van der Waals surface area contributed by atoms with Gasteiger partial charge in [0.2, 0.25) is 5.82 Å². The fraction of sp³-hybridized carbons (Fsp3) is 0.261. The summed E-state index contributed by atoms with van der Waals surface area (Å²) < 4.78 is 32.4. The lowest BCUT2D eigenvalue weighted by Crippen LogP contribution is -2.47. The second kappa shape index (κ2) is 8.55. The third-order valence-electron chi connectivity index (χ3n) is 5.11. The highest BCUT2D eigenvalue weighted by atomic mass is 32.1. The zero-order valence-electron chi connectivity index (χ0n) is 17.4. The van der Waals surface area contributed by atoms with Crippen LogP contribution in [-0.4, -0.2) is 26.7 Å². The van der Waals surface area contributed by atoms with E-state index in [1.165, 1.54) is 24.3 Å². The summed E-state index contributed by atoms with van der Waals surface area (Å²) in [5.41, 5.74) is 3.12. The van der Waals surface area contributed by atoms with Gasteiger partial charge < -0.3 is 14.7 Å². The van der Waals surface area contributed by atoms with Crippen molar-refractivity contribution in [3.05, 3.63) is 77.3 Å². The average Bonchev–Trinajstić information content (AvgIpc) is 3.21. The molecule has 0 saturated heterocycles. The highest BCUT2D eigenvalue weighted by molar-refractivity contribution is 7.80. The van der Waals surface area contributed by atoms with Gasteiger partial charge in [0.05, 0.1) is 11.6 Å². The van der Waals surface area contributed by atoms with Crippen molar-refractivity contribution in [2.75, 3.05) is 6.54 Å². The van der Waals surface area contributed by atoms with E-state index in [-0.39, 0.29) is 17.7 Å². The number of nitrogens with one attached hydrogen (secondary N) is 1. The molecular formula is C23H22F2N4OS. The molecule has 0 aliphatic carbocycles. The SMILES string of the molecule is CC1=C(c2nc(-c3ccc(F)cc3)no2)C(c2ccc(F)cc2)NC(=S)N1CC(C)C. The molecule has 1 unspecified atom stereocenters. The normalized spacial score (nSPS) is 16.8. The second-order valence-electron chi connectivity index (χ2n) is 7.87. The van der Waals surface area contributed by atoms with E-state index in [0.29, 0.717) is 28.3 Å². The van der Waals surface area contributed by atoms with Crippen LogP contribution in [0.1, 0.15) is 38.3 Å². The van der Waals surface area contributed by atoms with Crippen LogP contribution in [0.4, 0.5) is 8.78 Å². The van der Waals surface area contributed by atoms with Crippen molar-refractivity contribution < 1.29 is 13.3 Å². The smallest absolute Gasteiger partial charge is 0.258 e. The van der Waals surface area contributed by atoms with Crippen molar-refractivity contribution in [3.63, 3.8) is 0 Å². The molecule has 3 aromatic rings. The largest absolute Gasteiger partial charge is 0.351 e. The summed E-state index contributed by atoms with van der Waals surface area (Å²) in [5, 5.41) is 8.02. The molecule has 2 heterocycles. The molecule has 1 aromatic heterocycles. The van der Waals surface area contributed by atoms with Gasteiger partial charge in [-0.25, -0.2) is 8.78 Å². The Balaban J connectivity index is 1.80. The third-order valence-corrected chi connectivity index (χ3v) is 5.44. The van der Waals surface area contributed by atoms with Gasteiger partial charge in [0, 0.05) is 17.8 Å². The molecule has 1 N–H and O–H groups in total. The minimum atomic E-state index is -0.377. The summed E-state index contributed by atoms with van der Waals surface area (Å²) in [6, 6.07) is 11.7. The summed E-state index contributed by atoms with van der Waals surface area (Å²) in [4.78, 5) is 6.59. The summed E-state index contributed by atoms with van der Waals surface area (Å²) in [6.07, 6.45) is 0. The molecule has 0 saturated carbocycles. The predicted octanol–water partition coefficient (Wildman–Crippen LogP) is 5.33. The monoisotopic (exact) mass is 440 g/mol. The average molecular weight is 441 g/mol. The van der Waals surface area contributed by atoms with Gasteiger partial charge in [-0.05, 0) is 67.0 Å². The Bertz CT molecular complexity index is 1120. The fourth-order valence-corrected chi connectivity index (χ4v) is 3.93. The van der Waals surface area contributed by atoms with Crippen LogP contribution in [0.3, 0.4) is 0 Å². The van der Waals surface area contributed by atoms with Crippen LogP contribution in [0.15, 0.2) is 58.8 Å². The van der Waals surface area contributed by atoms with Crippen molar-refractivity contribution in [1.29, 1.82) is 0 Å². The van der Waals surface area contributed by atoms with Gasteiger partial charge in [0.25, 0.3) is 5.89 Å². The van der Waals surface area contributed by atoms with Gasteiger partial charge in [-0.15, -0.1) is 0 Å². The molecule has 0 radical (unpaired) electrons. The summed E-state index contributed by atoms with van der Waals surface area (Å²) in [5.74, 6) is 0.404. The molecule has 0 fully saturated rings. The van der Waals surface area contributed by atoms with Crippen LogP contribution >= 0.6 is 12.2 Å². The molecule has 1 atom stereocenters. The molecule has 0 bridgehead atoms. The number of benzene rings is 2. The van der Waals surface area contributed by atoms with E-state index in [4.69, 9.17) is 16.7 Å². The maximum absolute atomic E-state index is 13.5. The summed E-state index contributed by atoms with van der Waals surface area (Å²) in [7, 11) is 0. The van der Waals surface area contributed by atoms with Crippen LogP contribution in [0, 0.1) is 17.6 Å². The predicted molar refractivity (Wildman–Crippen MR) is 119 cm³/mol. The van der Waals surface area contributed by atoms with Crippen molar-refractivity contribution in [1.82, 2.24) is 20.4 Å². The zero-order valence-corrected chi connectivity index (χ0v) is 18.2. The van der Waals surface area contributed by atoms with Crippen molar-refractivity contribution >= 4 is 22.9 Å². The zero-order chi connectivity index (χ0) is 22.1. The Hall–Kier alpha value is -3.13. The molecule has 0 amide bonds. The first-order valence-electron chi connectivity index (χ1n) is 9.97.